The molecule has 0 N–H and O–H groups in total. The van der Waals surface area contributed by atoms with E-state index in [1.807, 2.05) is 0 Å². The average molecular weight is 846 g/mol. The van der Waals surface area contributed by atoms with Crippen LogP contribution in [0, 0.1) is 0 Å². The summed E-state index contributed by atoms with van der Waals surface area (Å²) in [7, 11) is 0. The first kappa shape index (κ1) is 38.5. The molecule has 0 aromatic heterocycles. The molecule has 0 aliphatic heterocycles. The van der Waals surface area contributed by atoms with Crippen LogP contribution in [0.2, 0.25) is 0 Å². The summed E-state index contributed by atoms with van der Waals surface area (Å²) in [5.74, 6) is 0.965. The van der Waals surface area contributed by atoms with Crippen molar-refractivity contribution in [2.75, 3.05) is 0 Å². The molecular formula is C45H56Cl2Hf. The third kappa shape index (κ3) is 6.05. The molecule has 0 radical (unpaired) electrons. The van der Waals surface area contributed by atoms with Crippen LogP contribution in [0.4, 0.5) is 0 Å². The van der Waals surface area contributed by atoms with Gasteiger partial charge in [-0.05, 0) is 0 Å². The van der Waals surface area contributed by atoms with Crippen LogP contribution < -0.4 is 9.96 Å². The fourth-order valence-corrected chi connectivity index (χ4v) is 32.6. The van der Waals surface area contributed by atoms with Gasteiger partial charge >= 0.3 is 282 Å². The molecule has 2 aliphatic carbocycles. The molecule has 0 fully saturated rings. The van der Waals surface area contributed by atoms with Gasteiger partial charge in [-0.1, -0.05) is 0 Å². The fourth-order valence-electron chi connectivity index (χ4n) is 8.31. The number of halogens is 2. The molecular weight excluding hydrogens is 790 g/mol. The maximum absolute atomic E-state index is 5.83. The first-order valence-electron chi connectivity index (χ1n) is 17.5. The molecule has 0 saturated carbocycles. The van der Waals surface area contributed by atoms with Crippen LogP contribution in [0.15, 0.2) is 100 Å². The van der Waals surface area contributed by atoms with Crippen molar-refractivity contribution < 1.29 is 18.0 Å². The molecule has 0 unspecified atom stereocenters. The van der Waals surface area contributed by atoms with Crippen molar-refractivity contribution in [3.8, 4) is 11.1 Å². The van der Waals surface area contributed by atoms with E-state index in [0.29, 0.717) is 11.8 Å². The molecule has 4 aromatic rings. The van der Waals surface area contributed by atoms with Crippen molar-refractivity contribution in [2.45, 2.75) is 105 Å². The maximum atomic E-state index is 5.83. The van der Waals surface area contributed by atoms with Crippen molar-refractivity contribution in [2.24, 2.45) is 0 Å². The molecule has 0 bridgehead atoms. The van der Waals surface area contributed by atoms with Crippen LogP contribution in [0.5, 0.6) is 0 Å². The van der Waals surface area contributed by atoms with E-state index in [2.05, 4.69) is 166 Å². The molecule has 0 amide bonds. The molecule has 0 heterocycles. The van der Waals surface area contributed by atoms with E-state index in [1.54, 1.807) is 6.65 Å². The summed E-state index contributed by atoms with van der Waals surface area (Å²) < 4.78 is 11.9. The standard InChI is InChI=1S/C21H25.2C9H11.C5H5.CH2.2ClH.Hf/c1-20(2,3)16-7-9-18-14(12-16)11-15-13-17(21(4,5)6)8-10-19(15)18;2*1-8(2)9-6-4-3-5-7-9;1-2-4-5-3-1;;;;/h7-10,12H,11H2,1-6H3;2*4-8H,1-2H3;1-3H,4H2;1H2;2*1H;. The number of hydrogen-bond acceptors (Lipinski definition) is 0. The molecule has 3 heteroatoms. The Bertz CT molecular complexity index is 1880. The molecule has 4 aromatic carbocycles. The van der Waals surface area contributed by atoms with Crippen molar-refractivity contribution in [1.82, 2.24) is 0 Å². The quantitative estimate of drug-likeness (QED) is 0.149. The van der Waals surface area contributed by atoms with Gasteiger partial charge in [-0.15, -0.1) is 24.8 Å². The monoisotopic (exact) mass is 846 g/mol. The summed E-state index contributed by atoms with van der Waals surface area (Å²) in [5, 5.41) is 0. The third-order valence-corrected chi connectivity index (χ3v) is 35.2. The Hall–Kier alpha value is -2.32. The zero-order chi connectivity index (χ0) is 33.3. The van der Waals surface area contributed by atoms with Gasteiger partial charge in [0.15, 0.2) is 0 Å². The Morgan fingerprint density at radius 1 is 0.646 bits per heavy atom. The zero-order valence-electron chi connectivity index (χ0n) is 30.8. The normalized spacial score (nSPS) is 14.4. The molecule has 0 saturated heterocycles. The molecule has 2 aliphatic rings. The van der Waals surface area contributed by atoms with Crippen molar-refractivity contribution in [3.63, 3.8) is 0 Å². The Morgan fingerprint density at radius 2 is 1.17 bits per heavy atom. The first-order chi connectivity index (χ1) is 21.5. The minimum absolute atomic E-state index is 0. The molecule has 0 nitrogen and oxygen atoms in total. The van der Waals surface area contributed by atoms with E-state index < -0.39 is 18.0 Å². The van der Waals surface area contributed by atoms with E-state index in [9.17, 15) is 0 Å². The molecule has 0 spiro atoms. The SMILES string of the molecule is Cl.Cl.[CH2]=[Hf]([C]1=CC=CC1)([c]1ccc(C(C)C)cc1)([c]1ccc(C(C)C)cc1)[c]1c(C(C)(C)C)ccc2c1Cc1cc(C(C)(C)C)ccc1-2. The predicted octanol–water partition coefficient (Wildman–Crippen LogP) is 11.2. The van der Waals surface area contributed by atoms with E-state index in [0.717, 1.165) is 12.8 Å². The van der Waals surface area contributed by atoms with Gasteiger partial charge in [0, 0.05) is 0 Å². The third-order valence-electron chi connectivity index (χ3n) is 11.2. The minimum atomic E-state index is -5.06. The Morgan fingerprint density at radius 3 is 1.60 bits per heavy atom. The van der Waals surface area contributed by atoms with Gasteiger partial charge in [0.1, 0.15) is 0 Å². The van der Waals surface area contributed by atoms with Crippen LogP contribution in [0.25, 0.3) is 11.1 Å². The Kier molecular flexibility index (Phi) is 10.8. The number of rotatable bonds is 6. The summed E-state index contributed by atoms with van der Waals surface area (Å²) in [6, 6.07) is 31.7. The number of benzene rings is 4. The van der Waals surface area contributed by atoms with Crippen molar-refractivity contribution >= 4 is 39.0 Å². The molecule has 0 atom stereocenters. The van der Waals surface area contributed by atoms with Gasteiger partial charge in [0.25, 0.3) is 0 Å². The Balaban J connectivity index is 0.00000260. The van der Waals surface area contributed by atoms with Crippen LogP contribution in [0.1, 0.15) is 121 Å². The van der Waals surface area contributed by atoms with Gasteiger partial charge < -0.3 is 0 Å². The summed E-state index contributed by atoms with van der Waals surface area (Å²) in [6.07, 6.45) is 9.05. The van der Waals surface area contributed by atoms with Crippen LogP contribution in [-0.2, 0) is 35.3 Å². The van der Waals surface area contributed by atoms with E-state index in [-0.39, 0.29) is 35.6 Å². The first-order valence-corrected chi connectivity index (χ1v) is 27.2. The van der Waals surface area contributed by atoms with Crippen molar-refractivity contribution in [1.29, 1.82) is 0 Å². The van der Waals surface area contributed by atoms with Gasteiger partial charge in [-0.3, -0.25) is 0 Å². The zero-order valence-corrected chi connectivity index (χ0v) is 36.1. The second-order valence-corrected chi connectivity index (χ2v) is 35.6. The summed E-state index contributed by atoms with van der Waals surface area (Å²) >= 11 is -5.06. The number of fused-ring (bicyclic) bond motifs is 3. The molecule has 48 heavy (non-hydrogen) atoms. The van der Waals surface area contributed by atoms with Gasteiger partial charge in [0.2, 0.25) is 0 Å². The molecule has 6 rings (SSSR count). The topological polar surface area (TPSA) is 0 Å². The number of hydrogen-bond donors (Lipinski definition) is 0. The van der Waals surface area contributed by atoms with Gasteiger partial charge in [0.05, 0.1) is 0 Å². The van der Waals surface area contributed by atoms with Crippen molar-refractivity contribution in [3.05, 3.63) is 134 Å². The Labute approximate surface area is 304 Å². The molecule has 254 valence electrons. The van der Waals surface area contributed by atoms with Crippen LogP contribution in [-0.4, -0.2) is 4.26 Å². The fraction of sp³-hybridized carbons (Fsp3) is 0.356. The van der Waals surface area contributed by atoms with E-state index >= 15 is 0 Å². The summed E-state index contributed by atoms with van der Waals surface area (Å²) in [6.45, 7) is 23.4. The predicted molar refractivity (Wildman–Crippen MR) is 216 cm³/mol. The van der Waals surface area contributed by atoms with Crippen LogP contribution in [0.3, 0.4) is 0 Å². The van der Waals surface area contributed by atoms with Gasteiger partial charge in [-0.2, -0.15) is 0 Å². The van der Waals surface area contributed by atoms with Crippen LogP contribution >= 0.6 is 24.8 Å². The van der Waals surface area contributed by atoms with Gasteiger partial charge in [-0.25, -0.2) is 0 Å². The average Bonchev–Trinajstić information content (AvgIpc) is 3.68. The van der Waals surface area contributed by atoms with E-state index in [4.69, 9.17) is 4.26 Å². The summed E-state index contributed by atoms with van der Waals surface area (Å²) in [5.41, 5.74) is 11.5. The summed E-state index contributed by atoms with van der Waals surface area (Å²) in [4.78, 5) is 0. The second kappa shape index (κ2) is 13.4. The number of allylic oxidation sites excluding steroid dienone is 4. The van der Waals surface area contributed by atoms with E-state index in [1.165, 1.54) is 51.1 Å². The second-order valence-electron chi connectivity index (χ2n) is 16.9.